The zero-order valence-electron chi connectivity index (χ0n) is 7.03. The maximum atomic E-state index is 8.67. The summed E-state index contributed by atoms with van der Waals surface area (Å²) < 4.78 is 0. The van der Waals surface area contributed by atoms with E-state index in [2.05, 4.69) is 13.2 Å². The Bertz CT molecular complexity index is 183. The molecule has 0 aromatic heterocycles. The number of benzene rings is 1. The van der Waals surface area contributed by atoms with Gasteiger partial charge in [0.2, 0.25) is 0 Å². The summed E-state index contributed by atoms with van der Waals surface area (Å²) in [5.41, 5.74) is 0. The predicted octanol–water partition coefficient (Wildman–Crippen LogP) is 2.22. The van der Waals surface area contributed by atoms with E-state index >= 15 is 0 Å². The van der Waals surface area contributed by atoms with Gasteiger partial charge in [0, 0.05) is 0 Å². The van der Waals surface area contributed by atoms with Crippen LogP contribution in [0, 0.1) is 0 Å². The molecule has 0 saturated carbocycles. The third-order valence-corrected chi connectivity index (χ3v) is 0.882. The fourth-order valence-electron chi connectivity index (χ4n) is 0.464. The lowest BCUT2D eigenvalue weighted by molar-refractivity contribution is 0.404. The van der Waals surface area contributed by atoms with Gasteiger partial charge in [0.05, 0.1) is 0 Å². The predicted molar refractivity (Wildman–Crippen MR) is 51.1 cm³/mol. The maximum absolute atomic E-state index is 8.67. The van der Waals surface area contributed by atoms with Gasteiger partial charge in [-0.3, -0.25) is 0 Å². The van der Waals surface area contributed by atoms with E-state index in [4.69, 9.17) is 10.2 Å². The quantitative estimate of drug-likeness (QED) is 0.355. The van der Waals surface area contributed by atoms with Crippen molar-refractivity contribution in [1.82, 2.24) is 12.3 Å². The van der Waals surface area contributed by atoms with E-state index < -0.39 is 0 Å². The van der Waals surface area contributed by atoms with Gasteiger partial charge in [-0.05, 0) is 12.1 Å². The molecule has 4 nitrogen and oxygen atoms in total. The van der Waals surface area contributed by atoms with Gasteiger partial charge in [0.15, 0.2) is 11.5 Å². The lowest BCUT2D eigenvalue weighted by Gasteiger charge is -1.91. The van der Waals surface area contributed by atoms with Crippen LogP contribution in [0.2, 0.25) is 0 Å². The Hall–Kier alpha value is -1.52. The number of hydrogen-bond donors (Lipinski definition) is 4. The largest absolute Gasteiger partial charge is 0.504 e. The van der Waals surface area contributed by atoms with Crippen LogP contribution >= 0.6 is 0 Å². The van der Waals surface area contributed by atoms with Crippen LogP contribution in [0.25, 0.3) is 0 Å². The molecule has 0 aliphatic rings. The molecule has 0 bridgehead atoms. The lowest BCUT2D eigenvalue weighted by atomic mass is 10.3. The highest BCUT2D eigenvalue weighted by molar-refractivity contribution is 5.36. The van der Waals surface area contributed by atoms with E-state index in [1.54, 1.807) is 12.1 Å². The molecular formula is C8H16N2O2. The van der Waals surface area contributed by atoms with Gasteiger partial charge < -0.3 is 22.5 Å². The Labute approximate surface area is 72.3 Å². The van der Waals surface area contributed by atoms with Gasteiger partial charge in [-0.1, -0.05) is 12.1 Å². The van der Waals surface area contributed by atoms with Crippen molar-refractivity contribution in [3.05, 3.63) is 37.4 Å². The van der Waals surface area contributed by atoms with E-state index in [0.29, 0.717) is 0 Å². The zero-order chi connectivity index (χ0) is 7.98. The lowest BCUT2D eigenvalue weighted by Crippen LogP contribution is -1.63. The zero-order valence-corrected chi connectivity index (χ0v) is 7.03. The van der Waals surface area contributed by atoms with Crippen LogP contribution in [0.5, 0.6) is 11.5 Å². The highest BCUT2D eigenvalue weighted by atomic mass is 16.3. The van der Waals surface area contributed by atoms with Crippen LogP contribution in [0.15, 0.2) is 37.4 Å². The number of aromatic hydroxyl groups is 2. The molecule has 70 valence electrons. The van der Waals surface area contributed by atoms with E-state index in [1.165, 1.54) is 12.1 Å². The molecular weight excluding hydrogens is 156 g/mol. The first-order valence-corrected chi connectivity index (χ1v) is 2.77. The fourth-order valence-corrected chi connectivity index (χ4v) is 0.464. The van der Waals surface area contributed by atoms with Crippen molar-refractivity contribution in [2.45, 2.75) is 0 Å². The van der Waals surface area contributed by atoms with Crippen molar-refractivity contribution in [3.8, 4) is 11.5 Å². The van der Waals surface area contributed by atoms with Gasteiger partial charge >= 0.3 is 0 Å². The Balaban J connectivity index is -0.000000189. The monoisotopic (exact) mass is 172 g/mol. The molecule has 0 fully saturated rings. The highest BCUT2D eigenvalue weighted by Gasteiger charge is 1.90. The second-order valence-corrected chi connectivity index (χ2v) is 1.49. The first kappa shape index (κ1) is 16.8. The standard InChI is InChI=1S/C6H6O2.C2H4.2H3N/c7-5-3-1-2-4-6(5)8;1-2;;/h1-4,7-8H;1-2H2;2*1H3. The van der Waals surface area contributed by atoms with Crippen molar-refractivity contribution in [1.29, 1.82) is 0 Å². The Morgan fingerprint density at radius 3 is 1.25 bits per heavy atom. The number of phenolic OH excluding ortho intramolecular Hbond substituents is 2. The topological polar surface area (TPSA) is 110 Å². The number of phenols is 2. The van der Waals surface area contributed by atoms with Crippen molar-refractivity contribution < 1.29 is 10.2 Å². The van der Waals surface area contributed by atoms with Crippen molar-refractivity contribution >= 4 is 0 Å². The fraction of sp³-hybridized carbons (Fsp3) is 0. The number of hydrogen-bond acceptors (Lipinski definition) is 4. The molecule has 0 unspecified atom stereocenters. The third kappa shape index (κ3) is 5.28. The molecule has 1 rings (SSSR count). The van der Waals surface area contributed by atoms with Gasteiger partial charge in [-0.2, -0.15) is 0 Å². The van der Waals surface area contributed by atoms with Crippen molar-refractivity contribution in [3.63, 3.8) is 0 Å². The van der Waals surface area contributed by atoms with Gasteiger partial charge in [0.25, 0.3) is 0 Å². The number of rotatable bonds is 0. The summed E-state index contributed by atoms with van der Waals surface area (Å²) in [5, 5.41) is 17.3. The average Bonchev–Trinajstić information content (AvgIpc) is 2.00. The van der Waals surface area contributed by atoms with E-state index in [0.717, 1.165) is 0 Å². The molecule has 0 heterocycles. The van der Waals surface area contributed by atoms with E-state index in [-0.39, 0.29) is 23.8 Å². The maximum Gasteiger partial charge on any atom is 0.157 e. The Kier molecular flexibility index (Phi) is 13.3. The SMILES string of the molecule is C=C.N.N.Oc1ccccc1O. The van der Waals surface area contributed by atoms with Crippen LogP contribution in [0.4, 0.5) is 0 Å². The Morgan fingerprint density at radius 2 is 1.08 bits per heavy atom. The number of para-hydroxylation sites is 2. The molecule has 8 N–H and O–H groups in total. The van der Waals surface area contributed by atoms with Crippen LogP contribution in [0.1, 0.15) is 0 Å². The summed E-state index contributed by atoms with van der Waals surface area (Å²) in [6.45, 7) is 6.00. The highest BCUT2D eigenvalue weighted by Crippen LogP contribution is 2.21. The minimum absolute atomic E-state index is 0. The average molecular weight is 172 g/mol. The van der Waals surface area contributed by atoms with Gasteiger partial charge in [-0.25, -0.2) is 0 Å². The van der Waals surface area contributed by atoms with Crippen molar-refractivity contribution in [2.75, 3.05) is 0 Å². The molecule has 1 aromatic rings. The van der Waals surface area contributed by atoms with Crippen LogP contribution in [-0.2, 0) is 0 Å². The summed E-state index contributed by atoms with van der Waals surface area (Å²) in [4.78, 5) is 0. The molecule has 1 aromatic carbocycles. The minimum atomic E-state index is -0.0764. The normalized spacial score (nSPS) is 6.33. The third-order valence-electron chi connectivity index (χ3n) is 0.882. The summed E-state index contributed by atoms with van der Waals surface area (Å²) in [5.74, 6) is -0.153. The van der Waals surface area contributed by atoms with Crippen molar-refractivity contribution in [2.24, 2.45) is 0 Å². The van der Waals surface area contributed by atoms with Crippen LogP contribution in [-0.4, -0.2) is 10.2 Å². The molecule has 0 atom stereocenters. The molecule has 0 aliphatic carbocycles. The summed E-state index contributed by atoms with van der Waals surface area (Å²) >= 11 is 0. The Morgan fingerprint density at radius 1 is 0.833 bits per heavy atom. The smallest absolute Gasteiger partial charge is 0.157 e. The van der Waals surface area contributed by atoms with Gasteiger partial charge in [0.1, 0.15) is 0 Å². The molecule has 0 radical (unpaired) electrons. The summed E-state index contributed by atoms with van der Waals surface area (Å²) in [7, 11) is 0. The molecule has 0 amide bonds. The minimum Gasteiger partial charge on any atom is -0.504 e. The molecule has 0 saturated heterocycles. The van der Waals surface area contributed by atoms with Gasteiger partial charge in [-0.15, -0.1) is 13.2 Å². The molecule has 4 heteroatoms. The van der Waals surface area contributed by atoms with E-state index in [1.807, 2.05) is 0 Å². The van der Waals surface area contributed by atoms with Crippen LogP contribution in [0.3, 0.4) is 0 Å². The van der Waals surface area contributed by atoms with E-state index in [9.17, 15) is 0 Å². The molecule has 0 spiro atoms. The second-order valence-electron chi connectivity index (χ2n) is 1.49. The summed E-state index contributed by atoms with van der Waals surface area (Å²) in [6.07, 6.45) is 0. The summed E-state index contributed by atoms with van der Waals surface area (Å²) in [6, 6.07) is 6.15. The van der Waals surface area contributed by atoms with Crippen LogP contribution < -0.4 is 12.3 Å². The first-order chi connectivity index (χ1) is 4.80. The molecule has 0 aliphatic heterocycles. The molecule has 12 heavy (non-hydrogen) atoms. The first-order valence-electron chi connectivity index (χ1n) is 2.77. The second kappa shape index (κ2) is 9.48.